The van der Waals surface area contributed by atoms with Crippen molar-refractivity contribution in [2.45, 2.75) is 58.5 Å². The number of allylic oxidation sites excluding steroid dienone is 3. The Balaban J connectivity index is 4.31. The molecule has 146 valence electrons. The van der Waals surface area contributed by atoms with E-state index in [9.17, 15) is 5.11 Å². The van der Waals surface area contributed by atoms with Gasteiger partial charge in [0.2, 0.25) is 0 Å². The fourth-order valence-corrected chi connectivity index (χ4v) is 2.32. The highest BCUT2D eigenvalue weighted by Crippen LogP contribution is 2.18. The van der Waals surface area contributed by atoms with Gasteiger partial charge in [0.15, 0.2) is 5.79 Å². The van der Waals surface area contributed by atoms with Gasteiger partial charge in [-0.2, -0.15) is 0 Å². The summed E-state index contributed by atoms with van der Waals surface area (Å²) in [6.45, 7) is 8.40. The molecule has 0 spiro atoms. The highest BCUT2D eigenvalue weighted by atomic mass is 35.5. The molecule has 0 heterocycles. The summed E-state index contributed by atoms with van der Waals surface area (Å²) < 4.78 is 16.3. The Bertz CT molecular complexity index is 429. The Labute approximate surface area is 158 Å². The molecule has 1 unspecified atom stereocenters. The first-order valence-corrected chi connectivity index (χ1v) is 9.25. The molecule has 0 aliphatic carbocycles. The molecule has 0 aliphatic heterocycles. The fraction of sp³-hybridized carbons (Fsp3) is 0.700. The van der Waals surface area contributed by atoms with Gasteiger partial charge < -0.3 is 19.3 Å². The van der Waals surface area contributed by atoms with Gasteiger partial charge in [-0.3, -0.25) is 0 Å². The normalized spacial score (nSPS) is 17.4. The number of hydrogen-bond donors (Lipinski definition) is 1. The largest absolute Gasteiger partial charge is 0.388 e. The zero-order valence-electron chi connectivity index (χ0n) is 16.5. The van der Waals surface area contributed by atoms with Crippen LogP contribution in [-0.2, 0) is 14.2 Å². The van der Waals surface area contributed by atoms with Gasteiger partial charge in [-0.1, -0.05) is 42.9 Å². The van der Waals surface area contributed by atoms with Crippen molar-refractivity contribution in [3.8, 4) is 0 Å². The number of hydrogen-bond acceptors (Lipinski definition) is 4. The van der Waals surface area contributed by atoms with Gasteiger partial charge in [-0.25, -0.2) is 0 Å². The lowest BCUT2D eigenvalue weighted by Gasteiger charge is -2.22. The maximum atomic E-state index is 9.54. The second-order valence-electron chi connectivity index (χ2n) is 6.63. The van der Waals surface area contributed by atoms with Crippen molar-refractivity contribution in [3.05, 3.63) is 36.0 Å². The molecule has 3 atom stereocenters. The number of halogens is 1. The molecular weight excluding hydrogens is 340 g/mol. The molecule has 5 heteroatoms. The number of aliphatic hydroxyl groups is 1. The van der Waals surface area contributed by atoms with Crippen molar-refractivity contribution in [1.29, 1.82) is 0 Å². The number of methoxy groups -OCH3 is 2. The molecule has 0 saturated carbocycles. The average molecular weight is 375 g/mol. The third-order valence-corrected chi connectivity index (χ3v) is 4.34. The maximum absolute atomic E-state index is 9.54. The van der Waals surface area contributed by atoms with Crippen molar-refractivity contribution in [2.75, 3.05) is 26.7 Å². The average Bonchev–Trinajstić information content (AvgIpc) is 2.58. The zero-order chi connectivity index (χ0) is 19.3. The lowest BCUT2D eigenvalue weighted by Crippen LogP contribution is -2.26. The van der Waals surface area contributed by atoms with E-state index in [0.717, 1.165) is 18.4 Å². The zero-order valence-corrected chi connectivity index (χ0v) is 17.3. The molecule has 0 aliphatic rings. The summed E-state index contributed by atoms with van der Waals surface area (Å²) in [6, 6.07) is 0. The lowest BCUT2D eigenvalue weighted by atomic mass is 9.97. The van der Waals surface area contributed by atoms with Gasteiger partial charge in [0, 0.05) is 20.1 Å². The van der Waals surface area contributed by atoms with E-state index in [1.54, 1.807) is 14.2 Å². The first kappa shape index (κ1) is 24.4. The standard InChI is InChI=1S/C20H35ClO4/c1-16(14-18(22)15-21)11-12-19(23-5)17(2)10-8-7-9-13-25-20(3,4)24-6/h7-10,14,17-19,22H,11-13,15H2,1-6H3/b9-7+,10-8+,16-14-/t17-,18?,19-/m0/s1. The SMILES string of the molecule is CO[C@@H](CC/C(C)=C\C(O)CCl)[C@@H](C)/C=C/C=C/COC(C)(C)OC. The summed E-state index contributed by atoms with van der Waals surface area (Å²) in [5, 5.41) is 9.54. The Morgan fingerprint density at radius 2 is 1.92 bits per heavy atom. The van der Waals surface area contributed by atoms with Crippen LogP contribution in [0.1, 0.15) is 40.5 Å². The third kappa shape index (κ3) is 12.4. The third-order valence-electron chi connectivity index (χ3n) is 4.03. The van der Waals surface area contributed by atoms with Gasteiger partial charge in [0.1, 0.15) is 0 Å². The molecule has 25 heavy (non-hydrogen) atoms. The van der Waals surface area contributed by atoms with Crippen LogP contribution in [0.2, 0.25) is 0 Å². The van der Waals surface area contributed by atoms with Crippen LogP contribution in [0.15, 0.2) is 36.0 Å². The Hall–Kier alpha value is -0.650. The van der Waals surface area contributed by atoms with Gasteiger partial charge in [0.25, 0.3) is 0 Å². The first-order chi connectivity index (χ1) is 11.8. The van der Waals surface area contributed by atoms with Crippen LogP contribution in [0.3, 0.4) is 0 Å². The predicted octanol–water partition coefficient (Wildman–Crippen LogP) is 4.48. The molecule has 0 rings (SSSR count). The predicted molar refractivity (Wildman–Crippen MR) is 105 cm³/mol. The van der Waals surface area contributed by atoms with Crippen molar-refractivity contribution in [2.24, 2.45) is 5.92 Å². The van der Waals surface area contributed by atoms with E-state index in [-0.39, 0.29) is 17.9 Å². The van der Waals surface area contributed by atoms with E-state index >= 15 is 0 Å². The van der Waals surface area contributed by atoms with Gasteiger partial charge in [-0.15, -0.1) is 11.6 Å². The number of aliphatic hydroxyl groups excluding tert-OH is 1. The summed E-state index contributed by atoms with van der Waals surface area (Å²) in [5.41, 5.74) is 1.13. The van der Waals surface area contributed by atoms with Crippen LogP contribution < -0.4 is 0 Å². The summed E-state index contributed by atoms with van der Waals surface area (Å²) in [4.78, 5) is 0. The molecule has 0 radical (unpaired) electrons. The van der Waals surface area contributed by atoms with Crippen LogP contribution in [0.25, 0.3) is 0 Å². The molecule has 1 N–H and O–H groups in total. The van der Waals surface area contributed by atoms with Crippen LogP contribution in [0.4, 0.5) is 0 Å². The quantitative estimate of drug-likeness (QED) is 0.223. The number of rotatable bonds is 13. The van der Waals surface area contributed by atoms with E-state index < -0.39 is 11.9 Å². The summed E-state index contributed by atoms with van der Waals surface area (Å²) >= 11 is 5.61. The van der Waals surface area contributed by atoms with Gasteiger partial charge in [-0.05, 0) is 33.6 Å². The van der Waals surface area contributed by atoms with E-state index in [1.807, 2.05) is 45.1 Å². The smallest absolute Gasteiger partial charge is 0.162 e. The molecule has 0 fully saturated rings. The van der Waals surface area contributed by atoms with Crippen LogP contribution in [0, 0.1) is 5.92 Å². The summed E-state index contributed by atoms with van der Waals surface area (Å²) in [6.07, 6.45) is 11.2. The van der Waals surface area contributed by atoms with E-state index in [1.165, 1.54) is 0 Å². The molecule has 0 aromatic heterocycles. The molecule has 0 amide bonds. The van der Waals surface area contributed by atoms with Gasteiger partial charge in [0.05, 0.1) is 24.7 Å². The molecule has 0 bridgehead atoms. The minimum atomic E-state index is -0.574. The lowest BCUT2D eigenvalue weighted by molar-refractivity contribution is -0.189. The van der Waals surface area contributed by atoms with Crippen molar-refractivity contribution >= 4 is 11.6 Å². The van der Waals surface area contributed by atoms with E-state index in [4.69, 9.17) is 25.8 Å². The monoisotopic (exact) mass is 374 g/mol. The number of alkyl halides is 1. The fourth-order valence-electron chi connectivity index (χ4n) is 2.23. The molecular formula is C20H35ClO4. The van der Waals surface area contributed by atoms with Crippen molar-refractivity contribution in [1.82, 2.24) is 0 Å². The van der Waals surface area contributed by atoms with Crippen LogP contribution >= 0.6 is 11.6 Å². The maximum Gasteiger partial charge on any atom is 0.162 e. The van der Waals surface area contributed by atoms with Crippen molar-refractivity contribution in [3.63, 3.8) is 0 Å². The molecule has 0 saturated heterocycles. The topological polar surface area (TPSA) is 47.9 Å². The molecule has 0 aromatic carbocycles. The second-order valence-corrected chi connectivity index (χ2v) is 6.94. The van der Waals surface area contributed by atoms with Crippen molar-refractivity contribution < 1.29 is 19.3 Å². The minimum Gasteiger partial charge on any atom is -0.388 e. The minimum absolute atomic E-state index is 0.129. The summed E-state index contributed by atoms with van der Waals surface area (Å²) in [5.74, 6) is -0.0519. The second kappa shape index (κ2) is 13.5. The molecule has 4 nitrogen and oxygen atoms in total. The highest BCUT2D eigenvalue weighted by Gasteiger charge is 2.15. The highest BCUT2D eigenvalue weighted by molar-refractivity contribution is 6.18. The Morgan fingerprint density at radius 1 is 1.24 bits per heavy atom. The number of ether oxygens (including phenoxy) is 3. The van der Waals surface area contributed by atoms with Crippen LogP contribution in [-0.4, -0.2) is 49.8 Å². The first-order valence-electron chi connectivity index (χ1n) is 8.72. The van der Waals surface area contributed by atoms with Gasteiger partial charge >= 0.3 is 0 Å². The van der Waals surface area contributed by atoms with E-state index in [0.29, 0.717) is 6.61 Å². The Kier molecular flexibility index (Phi) is 13.2. The Morgan fingerprint density at radius 3 is 2.48 bits per heavy atom. The van der Waals surface area contributed by atoms with E-state index in [2.05, 4.69) is 13.0 Å². The molecule has 0 aromatic rings. The van der Waals surface area contributed by atoms with Crippen LogP contribution in [0.5, 0.6) is 0 Å². The summed E-state index contributed by atoms with van der Waals surface area (Å²) in [7, 11) is 3.36.